The molecule has 4 rings (SSSR count). The Morgan fingerprint density at radius 2 is 1.84 bits per heavy atom. The molecule has 0 bridgehead atoms. The van der Waals surface area contributed by atoms with Crippen molar-refractivity contribution in [2.45, 2.75) is 50.5 Å². The molecule has 6 nitrogen and oxygen atoms in total. The van der Waals surface area contributed by atoms with E-state index >= 15 is 0 Å². The maximum Gasteiger partial charge on any atom is 0.286 e. The molecule has 0 spiro atoms. The first kappa shape index (κ1) is 21.5. The van der Waals surface area contributed by atoms with Gasteiger partial charge in [0.15, 0.2) is 0 Å². The van der Waals surface area contributed by atoms with E-state index in [0.29, 0.717) is 24.5 Å². The normalized spacial score (nSPS) is 18.5. The second-order valence-electron chi connectivity index (χ2n) is 8.37. The van der Waals surface area contributed by atoms with Gasteiger partial charge in [-0.2, -0.15) is 8.42 Å². The standard InChI is InChI=1S/C23H26FN3O3S/c1-15(2)22(16-7-10-18(24)11-8-16)25-23(28)17-9-12-19-20(14-17)31(29,30)26-21-6-4-3-5-13-27(19)21/h7-12,14-15,22H,3-6,13H2,1-2H3,(H,25,28). The summed E-state index contributed by atoms with van der Waals surface area (Å²) in [5.74, 6) is -0.0870. The van der Waals surface area contributed by atoms with Crippen molar-refractivity contribution >= 4 is 27.5 Å². The van der Waals surface area contributed by atoms with Crippen LogP contribution in [0.3, 0.4) is 0 Å². The highest BCUT2D eigenvalue weighted by atomic mass is 32.2. The minimum absolute atomic E-state index is 0.0556. The van der Waals surface area contributed by atoms with Crippen LogP contribution in [0.25, 0.3) is 0 Å². The molecule has 1 N–H and O–H groups in total. The first-order chi connectivity index (χ1) is 14.8. The number of rotatable bonds is 4. The second-order valence-corrected chi connectivity index (χ2v) is 9.95. The average Bonchev–Trinajstić information content (AvgIpc) is 2.97. The lowest BCUT2D eigenvalue weighted by molar-refractivity contribution is 0.0925. The molecule has 1 amide bonds. The molecule has 0 aromatic heterocycles. The monoisotopic (exact) mass is 443 g/mol. The number of halogens is 1. The Morgan fingerprint density at radius 1 is 1.10 bits per heavy atom. The number of fused-ring (bicyclic) bond motifs is 3. The third kappa shape index (κ3) is 4.35. The molecule has 2 aliphatic rings. The van der Waals surface area contributed by atoms with Crippen molar-refractivity contribution in [1.82, 2.24) is 5.32 Å². The highest BCUT2D eigenvalue weighted by Crippen LogP contribution is 2.35. The highest BCUT2D eigenvalue weighted by Gasteiger charge is 2.32. The van der Waals surface area contributed by atoms with Crippen molar-refractivity contribution in [3.05, 3.63) is 59.4 Å². The van der Waals surface area contributed by atoms with E-state index < -0.39 is 10.0 Å². The summed E-state index contributed by atoms with van der Waals surface area (Å²) in [6.07, 6.45) is 3.55. The SMILES string of the molecule is CC(C)C(NC(=O)c1ccc2c(c1)S(=O)(=O)N=C1CCCCCN12)c1ccc(F)cc1. The molecule has 2 aliphatic heterocycles. The number of nitrogens with zero attached hydrogens (tertiary/aromatic N) is 2. The second kappa shape index (κ2) is 8.42. The summed E-state index contributed by atoms with van der Waals surface area (Å²) >= 11 is 0. The number of hydrogen-bond donors (Lipinski definition) is 1. The molecule has 2 aromatic rings. The van der Waals surface area contributed by atoms with Crippen LogP contribution in [0, 0.1) is 11.7 Å². The van der Waals surface area contributed by atoms with Gasteiger partial charge in [0.25, 0.3) is 15.9 Å². The molecule has 8 heteroatoms. The Hall–Kier alpha value is -2.74. The van der Waals surface area contributed by atoms with Crippen molar-refractivity contribution in [3.63, 3.8) is 0 Å². The van der Waals surface area contributed by atoms with Crippen LogP contribution >= 0.6 is 0 Å². The molecular weight excluding hydrogens is 417 g/mol. The number of benzene rings is 2. The van der Waals surface area contributed by atoms with Crippen molar-refractivity contribution < 1.29 is 17.6 Å². The van der Waals surface area contributed by atoms with Crippen LogP contribution in [0.1, 0.15) is 61.5 Å². The zero-order valence-corrected chi connectivity index (χ0v) is 18.5. The Bertz CT molecular complexity index is 1130. The molecule has 1 atom stereocenters. The van der Waals surface area contributed by atoms with Gasteiger partial charge < -0.3 is 10.2 Å². The summed E-state index contributed by atoms with van der Waals surface area (Å²) in [5.41, 5.74) is 1.63. The van der Waals surface area contributed by atoms with Gasteiger partial charge in [0.05, 0.1) is 11.7 Å². The molecule has 31 heavy (non-hydrogen) atoms. The van der Waals surface area contributed by atoms with Gasteiger partial charge in [0, 0.05) is 18.5 Å². The smallest absolute Gasteiger partial charge is 0.286 e. The molecule has 0 aliphatic carbocycles. The van der Waals surface area contributed by atoms with Crippen LogP contribution in [0.4, 0.5) is 10.1 Å². The van der Waals surface area contributed by atoms with Crippen LogP contribution < -0.4 is 10.2 Å². The van der Waals surface area contributed by atoms with Crippen molar-refractivity contribution in [2.75, 3.05) is 11.4 Å². The summed E-state index contributed by atoms with van der Waals surface area (Å²) in [6, 6.07) is 10.4. The fourth-order valence-corrected chi connectivity index (χ4v) is 5.43. The lowest BCUT2D eigenvalue weighted by atomic mass is 9.95. The molecule has 164 valence electrons. The van der Waals surface area contributed by atoms with Gasteiger partial charge in [0.1, 0.15) is 16.5 Å². The fourth-order valence-electron chi connectivity index (χ4n) is 4.15. The number of anilines is 1. The summed E-state index contributed by atoms with van der Waals surface area (Å²) in [4.78, 5) is 15.0. The number of sulfonamides is 1. The zero-order chi connectivity index (χ0) is 22.2. The molecule has 1 saturated heterocycles. The maximum absolute atomic E-state index is 13.3. The fraction of sp³-hybridized carbons (Fsp3) is 0.391. The van der Waals surface area contributed by atoms with Gasteiger partial charge in [0.2, 0.25) is 0 Å². The van der Waals surface area contributed by atoms with Crippen LogP contribution in [0.2, 0.25) is 0 Å². The lowest BCUT2D eigenvalue weighted by Gasteiger charge is -2.30. The number of carbonyl (C=O) groups is 1. The van der Waals surface area contributed by atoms with Gasteiger partial charge >= 0.3 is 0 Å². The Balaban J connectivity index is 1.64. The van der Waals surface area contributed by atoms with Gasteiger partial charge in [-0.25, -0.2) is 4.39 Å². The average molecular weight is 444 g/mol. The summed E-state index contributed by atoms with van der Waals surface area (Å²) in [5, 5.41) is 2.96. The van der Waals surface area contributed by atoms with E-state index in [1.165, 1.54) is 18.2 Å². The Morgan fingerprint density at radius 3 is 2.55 bits per heavy atom. The largest absolute Gasteiger partial charge is 0.345 e. The maximum atomic E-state index is 13.3. The highest BCUT2D eigenvalue weighted by molar-refractivity contribution is 7.90. The number of nitrogens with one attached hydrogen (secondary N) is 1. The van der Waals surface area contributed by atoms with E-state index in [4.69, 9.17) is 0 Å². The quantitative estimate of drug-likeness (QED) is 0.758. The number of amidine groups is 1. The van der Waals surface area contributed by atoms with Crippen LogP contribution in [-0.4, -0.2) is 26.7 Å². The summed E-state index contributed by atoms with van der Waals surface area (Å²) in [7, 11) is -3.86. The Labute approximate surface area is 182 Å². The minimum Gasteiger partial charge on any atom is -0.345 e. The molecule has 2 aromatic carbocycles. The van der Waals surface area contributed by atoms with Crippen LogP contribution in [0.5, 0.6) is 0 Å². The van der Waals surface area contributed by atoms with Crippen molar-refractivity contribution in [1.29, 1.82) is 0 Å². The lowest BCUT2D eigenvalue weighted by Crippen LogP contribution is -2.36. The van der Waals surface area contributed by atoms with Gasteiger partial charge in [-0.3, -0.25) is 4.79 Å². The predicted octanol–water partition coefficient (Wildman–Crippen LogP) is 4.43. The molecular formula is C23H26FN3O3S. The van der Waals surface area contributed by atoms with E-state index in [1.54, 1.807) is 24.3 Å². The van der Waals surface area contributed by atoms with E-state index in [1.807, 2.05) is 18.7 Å². The Kier molecular flexibility index (Phi) is 5.83. The third-order valence-electron chi connectivity index (χ3n) is 5.79. The number of carbonyl (C=O) groups excluding carboxylic acids is 1. The summed E-state index contributed by atoms with van der Waals surface area (Å²) < 4.78 is 43.0. The van der Waals surface area contributed by atoms with Gasteiger partial charge in [-0.15, -0.1) is 4.40 Å². The first-order valence-corrected chi connectivity index (χ1v) is 12.0. The topological polar surface area (TPSA) is 78.8 Å². The van der Waals surface area contributed by atoms with E-state index in [9.17, 15) is 17.6 Å². The molecule has 1 fully saturated rings. The van der Waals surface area contributed by atoms with Gasteiger partial charge in [-0.05, 0) is 54.7 Å². The van der Waals surface area contributed by atoms with E-state index in [-0.39, 0.29) is 34.1 Å². The van der Waals surface area contributed by atoms with E-state index in [0.717, 1.165) is 24.8 Å². The van der Waals surface area contributed by atoms with Gasteiger partial charge in [-0.1, -0.05) is 32.4 Å². The van der Waals surface area contributed by atoms with E-state index in [2.05, 4.69) is 9.71 Å². The minimum atomic E-state index is -3.86. The van der Waals surface area contributed by atoms with Crippen molar-refractivity contribution in [3.8, 4) is 0 Å². The molecule has 1 unspecified atom stereocenters. The molecule has 2 heterocycles. The van der Waals surface area contributed by atoms with Crippen LogP contribution in [-0.2, 0) is 10.0 Å². The van der Waals surface area contributed by atoms with Crippen LogP contribution in [0.15, 0.2) is 51.8 Å². The first-order valence-electron chi connectivity index (χ1n) is 10.6. The number of hydrogen-bond acceptors (Lipinski definition) is 4. The number of amides is 1. The predicted molar refractivity (Wildman–Crippen MR) is 118 cm³/mol. The molecule has 0 saturated carbocycles. The summed E-state index contributed by atoms with van der Waals surface area (Å²) in [6.45, 7) is 4.63. The third-order valence-corrected chi connectivity index (χ3v) is 7.13. The molecule has 0 radical (unpaired) electrons. The van der Waals surface area contributed by atoms with Crippen molar-refractivity contribution in [2.24, 2.45) is 10.3 Å². The zero-order valence-electron chi connectivity index (χ0n) is 17.6.